The summed E-state index contributed by atoms with van der Waals surface area (Å²) < 4.78 is 0.762. The lowest BCUT2D eigenvalue weighted by Gasteiger charge is -2.10. The lowest BCUT2D eigenvalue weighted by molar-refractivity contribution is -0.383. The Hall–Kier alpha value is -2.26. The number of nitrogen functional groups attached to an aromatic ring is 1. The molecule has 1 aromatic carbocycles. The van der Waals surface area contributed by atoms with Crippen molar-refractivity contribution in [3.05, 3.63) is 44.7 Å². The molecule has 20 heavy (non-hydrogen) atoms. The molecule has 0 saturated heterocycles. The maximum atomic E-state index is 11.1. The molecule has 1 heterocycles. The molecule has 4 N–H and O–H groups in total. The van der Waals surface area contributed by atoms with E-state index in [0.717, 1.165) is 10.0 Å². The molecule has 0 saturated carbocycles. The van der Waals surface area contributed by atoms with Crippen LogP contribution in [0.2, 0.25) is 0 Å². The third-order valence-electron chi connectivity index (χ3n) is 2.52. The predicted molar refractivity (Wildman–Crippen MR) is 78.7 cm³/mol. The highest BCUT2D eigenvalue weighted by Crippen LogP contribution is 2.33. The molecular formula is C11H11BrN6O2. The summed E-state index contributed by atoms with van der Waals surface area (Å²) in [5, 5.41) is 14.0. The van der Waals surface area contributed by atoms with Gasteiger partial charge in [-0.15, -0.1) is 0 Å². The Morgan fingerprint density at radius 2 is 2.05 bits per heavy atom. The van der Waals surface area contributed by atoms with Crippen LogP contribution in [-0.2, 0) is 0 Å². The van der Waals surface area contributed by atoms with Gasteiger partial charge in [0.25, 0.3) is 0 Å². The first-order valence-electron chi connectivity index (χ1n) is 5.52. The Labute approximate surface area is 122 Å². The van der Waals surface area contributed by atoms with Crippen molar-refractivity contribution >= 4 is 38.9 Å². The quantitative estimate of drug-likeness (QED) is 0.445. The summed E-state index contributed by atoms with van der Waals surface area (Å²) in [5.41, 5.74) is 3.53. The van der Waals surface area contributed by atoms with Crippen LogP contribution in [0.3, 0.4) is 0 Å². The number of rotatable bonds is 4. The second-order valence-corrected chi connectivity index (χ2v) is 4.78. The van der Waals surface area contributed by atoms with Gasteiger partial charge in [-0.2, -0.15) is 0 Å². The molecule has 0 radical (unpaired) electrons. The zero-order chi connectivity index (χ0) is 14.7. The van der Waals surface area contributed by atoms with E-state index in [4.69, 9.17) is 5.84 Å². The summed E-state index contributed by atoms with van der Waals surface area (Å²) in [7, 11) is 0. The van der Waals surface area contributed by atoms with Crippen LogP contribution in [0, 0.1) is 17.0 Å². The second kappa shape index (κ2) is 5.80. The van der Waals surface area contributed by atoms with Gasteiger partial charge in [0.05, 0.1) is 10.6 Å². The van der Waals surface area contributed by atoms with Crippen molar-refractivity contribution < 1.29 is 4.92 Å². The van der Waals surface area contributed by atoms with Crippen molar-refractivity contribution in [3.8, 4) is 0 Å². The van der Waals surface area contributed by atoms with Crippen LogP contribution < -0.4 is 16.6 Å². The number of benzene rings is 1. The highest BCUT2D eigenvalue weighted by Gasteiger charge is 2.22. The molecule has 0 spiro atoms. The normalized spacial score (nSPS) is 10.2. The van der Waals surface area contributed by atoms with E-state index < -0.39 is 4.92 Å². The van der Waals surface area contributed by atoms with E-state index >= 15 is 0 Å². The SMILES string of the molecule is Cc1ccc(Br)c(Nc2ncnc(NN)c2[N+](=O)[O-])c1. The number of nitro groups is 1. The number of nitrogens with two attached hydrogens (primary N) is 1. The number of hydrogen-bond acceptors (Lipinski definition) is 7. The Balaban J connectivity index is 2.48. The van der Waals surface area contributed by atoms with E-state index in [0.29, 0.717) is 5.69 Å². The number of hydrogen-bond donors (Lipinski definition) is 3. The zero-order valence-corrected chi connectivity index (χ0v) is 12.0. The summed E-state index contributed by atoms with van der Waals surface area (Å²) in [6.45, 7) is 1.92. The fraction of sp³-hybridized carbons (Fsp3) is 0.0909. The second-order valence-electron chi connectivity index (χ2n) is 3.93. The Kier molecular flexibility index (Phi) is 4.11. The van der Waals surface area contributed by atoms with Gasteiger partial charge in [0, 0.05) is 4.47 Å². The fourth-order valence-corrected chi connectivity index (χ4v) is 1.96. The molecule has 2 rings (SSSR count). The van der Waals surface area contributed by atoms with E-state index in [-0.39, 0.29) is 17.3 Å². The van der Waals surface area contributed by atoms with Gasteiger partial charge >= 0.3 is 5.69 Å². The third kappa shape index (κ3) is 2.83. The molecule has 0 aliphatic rings. The third-order valence-corrected chi connectivity index (χ3v) is 3.21. The summed E-state index contributed by atoms with van der Waals surface area (Å²) in [6, 6.07) is 5.59. The smallest absolute Gasteiger partial charge is 0.333 e. The molecule has 8 nitrogen and oxygen atoms in total. The van der Waals surface area contributed by atoms with E-state index in [1.807, 2.05) is 25.1 Å². The van der Waals surface area contributed by atoms with Crippen molar-refractivity contribution in [2.75, 3.05) is 10.7 Å². The van der Waals surface area contributed by atoms with E-state index in [9.17, 15) is 10.1 Å². The highest BCUT2D eigenvalue weighted by molar-refractivity contribution is 9.10. The van der Waals surface area contributed by atoms with E-state index in [1.54, 1.807) is 0 Å². The van der Waals surface area contributed by atoms with Crippen molar-refractivity contribution in [2.45, 2.75) is 6.92 Å². The summed E-state index contributed by atoms with van der Waals surface area (Å²) in [4.78, 5) is 18.1. The van der Waals surface area contributed by atoms with Crippen molar-refractivity contribution in [2.24, 2.45) is 5.84 Å². The average Bonchev–Trinajstić information content (AvgIpc) is 2.42. The molecule has 2 aromatic rings. The standard InChI is InChI=1S/C11H11BrN6O2/c1-6-2-3-7(12)8(4-6)16-10-9(18(19)20)11(17-13)15-5-14-10/h2-5H,13H2,1H3,(H2,14,15,16,17). The van der Waals surface area contributed by atoms with E-state index in [2.05, 4.69) is 36.6 Å². The largest absolute Gasteiger partial charge is 0.354 e. The lowest BCUT2D eigenvalue weighted by atomic mass is 10.2. The maximum absolute atomic E-state index is 11.1. The number of aromatic nitrogens is 2. The molecule has 104 valence electrons. The molecule has 0 unspecified atom stereocenters. The van der Waals surface area contributed by atoms with Gasteiger partial charge in [0.1, 0.15) is 6.33 Å². The molecule has 0 fully saturated rings. The number of nitrogens with zero attached hydrogens (tertiary/aromatic N) is 3. The first-order valence-corrected chi connectivity index (χ1v) is 6.31. The predicted octanol–water partition coefficient (Wildman–Crippen LogP) is 2.48. The van der Waals surface area contributed by atoms with Gasteiger partial charge in [0.2, 0.25) is 11.6 Å². The number of aryl methyl sites for hydroxylation is 1. The maximum Gasteiger partial charge on any atom is 0.354 e. The number of halogens is 1. The summed E-state index contributed by atoms with van der Waals surface area (Å²) >= 11 is 3.37. The number of anilines is 3. The van der Waals surface area contributed by atoms with Crippen molar-refractivity contribution in [1.29, 1.82) is 0 Å². The van der Waals surface area contributed by atoms with Crippen LogP contribution in [0.5, 0.6) is 0 Å². The van der Waals surface area contributed by atoms with Crippen LogP contribution in [0.1, 0.15) is 5.56 Å². The monoisotopic (exact) mass is 338 g/mol. The Morgan fingerprint density at radius 3 is 2.70 bits per heavy atom. The molecular weight excluding hydrogens is 328 g/mol. The minimum absolute atomic E-state index is 0.0590. The molecule has 0 aliphatic carbocycles. The number of hydrazine groups is 1. The first kappa shape index (κ1) is 14.2. The lowest BCUT2D eigenvalue weighted by Crippen LogP contribution is -2.12. The molecule has 9 heteroatoms. The van der Waals surface area contributed by atoms with Crippen molar-refractivity contribution in [1.82, 2.24) is 9.97 Å². The van der Waals surface area contributed by atoms with Crippen LogP contribution in [0.15, 0.2) is 29.0 Å². The minimum atomic E-state index is -0.596. The average molecular weight is 339 g/mol. The van der Waals surface area contributed by atoms with Crippen molar-refractivity contribution in [3.63, 3.8) is 0 Å². The van der Waals surface area contributed by atoms with Crippen LogP contribution in [-0.4, -0.2) is 14.9 Å². The fourth-order valence-electron chi connectivity index (χ4n) is 1.61. The van der Waals surface area contributed by atoms with Gasteiger partial charge in [-0.1, -0.05) is 6.07 Å². The highest BCUT2D eigenvalue weighted by atomic mass is 79.9. The van der Waals surface area contributed by atoms with Gasteiger partial charge in [-0.25, -0.2) is 15.8 Å². The summed E-state index contributed by atoms with van der Waals surface area (Å²) in [5.74, 6) is 5.22. The first-order chi connectivity index (χ1) is 9.52. The zero-order valence-electron chi connectivity index (χ0n) is 10.4. The molecule has 0 atom stereocenters. The molecule has 0 bridgehead atoms. The molecule has 0 amide bonds. The van der Waals surface area contributed by atoms with Crippen LogP contribution >= 0.6 is 15.9 Å². The molecule has 0 aliphatic heterocycles. The van der Waals surface area contributed by atoms with Gasteiger partial charge in [0.15, 0.2) is 0 Å². The van der Waals surface area contributed by atoms with Crippen LogP contribution in [0.25, 0.3) is 0 Å². The minimum Gasteiger partial charge on any atom is -0.333 e. The van der Waals surface area contributed by atoms with E-state index in [1.165, 1.54) is 6.33 Å². The Morgan fingerprint density at radius 1 is 1.35 bits per heavy atom. The van der Waals surface area contributed by atoms with Gasteiger partial charge in [-0.3, -0.25) is 10.1 Å². The van der Waals surface area contributed by atoms with Gasteiger partial charge in [-0.05, 0) is 40.5 Å². The topological polar surface area (TPSA) is 119 Å². The van der Waals surface area contributed by atoms with Gasteiger partial charge < -0.3 is 10.7 Å². The van der Waals surface area contributed by atoms with Crippen LogP contribution in [0.4, 0.5) is 23.0 Å². The molecule has 1 aromatic heterocycles. The Bertz CT molecular complexity index is 663. The summed E-state index contributed by atoms with van der Waals surface area (Å²) in [6.07, 6.45) is 1.19. The number of nitrogens with one attached hydrogen (secondary N) is 2.